The van der Waals surface area contributed by atoms with E-state index in [4.69, 9.17) is 4.99 Å². The Labute approximate surface area is 209 Å². The van der Waals surface area contributed by atoms with Gasteiger partial charge in [-0.25, -0.2) is 9.98 Å². The van der Waals surface area contributed by atoms with Crippen molar-refractivity contribution in [3.8, 4) is 0 Å². The van der Waals surface area contributed by atoms with E-state index in [-0.39, 0.29) is 24.0 Å². The second kappa shape index (κ2) is 12.4. The maximum absolute atomic E-state index is 4.98. The highest BCUT2D eigenvalue weighted by Gasteiger charge is 2.25. The SMILES string of the molecule is CCNC(=NCc1ccnc(N2CCCCCC2)c1)N1CCC(Cc2cnn(C)c2)C1.I. The molecule has 2 saturated heterocycles. The van der Waals surface area contributed by atoms with Crippen molar-refractivity contribution in [1.29, 1.82) is 0 Å². The van der Waals surface area contributed by atoms with Crippen LogP contribution in [0.4, 0.5) is 5.82 Å². The molecule has 4 rings (SSSR count). The Morgan fingerprint density at radius 1 is 1.16 bits per heavy atom. The van der Waals surface area contributed by atoms with E-state index in [0.717, 1.165) is 50.9 Å². The molecule has 4 heterocycles. The van der Waals surface area contributed by atoms with Crippen LogP contribution < -0.4 is 10.2 Å². The minimum atomic E-state index is 0. The highest BCUT2D eigenvalue weighted by Crippen LogP contribution is 2.22. The van der Waals surface area contributed by atoms with Gasteiger partial charge in [0.15, 0.2) is 5.96 Å². The fourth-order valence-corrected chi connectivity index (χ4v) is 4.73. The third kappa shape index (κ3) is 6.83. The summed E-state index contributed by atoms with van der Waals surface area (Å²) in [5, 5.41) is 7.81. The Morgan fingerprint density at radius 2 is 1.97 bits per heavy atom. The van der Waals surface area contributed by atoms with Crippen molar-refractivity contribution in [2.45, 2.75) is 52.0 Å². The van der Waals surface area contributed by atoms with Crippen molar-refractivity contribution in [3.63, 3.8) is 0 Å². The lowest BCUT2D eigenvalue weighted by molar-refractivity contribution is 0.460. The van der Waals surface area contributed by atoms with Gasteiger partial charge >= 0.3 is 0 Å². The number of likely N-dealkylation sites (tertiary alicyclic amines) is 1. The number of anilines is 1. The number of halogens is 1. The van der Waals surface area contributed by atoms with Gasteiger partial charge in [-0.15, -0.1) is 24.0 Å². The predicted octanol–water partition coefficient (Wildman–Crippen LogP) is 3.84. The number of pyridine rings is 1. The van der Waals surface area contributed by atoms with Gasteiger partial charge in [0.1, 0.15) is 5.82 Å². The van der Waals surface area contributed by atoms with Crippen LogP contribution in [0.1, 0.15) is 50.2 Å². The molecular formula is C24H38IN7. The quantitative estimate of drug-likeness (QED) is 0.336. The van der Waals surface area contributed by atoms with Crippen LogP contribution in [0.5, 0.6) is 0 Å². The van der Waals surface area contributed by atoms with Crippen LogP contribution in [0, 0.1) is 5.92 Å². The Bertz CT molecular complexity index is 858. The zero-order valence-electron chi connectivity index (χ0n) is 19.5. The molecule has 176 valence electrons. The first-order chi connectivity index (χ1) is 15.2. The Hall–Kier alpha value is -1.84. The molecule has 2 aromatic rings. The van der Waals surface area contributed by atoms with Crippen molar-refractivity contribution in [1.82, 2.24) is 25.0 Å². The maximum atomic E-state index is 4.98. The fourth-order valence-electron chi connectivity index (χ4n) is 4.73. The summed E-state index contributed by atoms with van der Waals surface area (Å²) in [5.41, 5.74) is 2.56. The number of aromatic nitrogens is 3. The molecule has 0 amide bonds. The van der Waals surface area contributed by atoms with E-state index in [2.05, 4.69) is 50.5 Å². The van der Waals surface area contributed by atoms with Crippen molar-refractivity contribution in [2.24, 2.45) is 18.0 Å². The molecule has 0 radical (unpaired) electrons. The Kier molecular flexibility index (Phi) is 9.62. The monoisotopic (exact) mass is 551 g/mol. The number of aliphatic imine (C=N–C) groups is 1. The highest BCUT2D eigenvalue weighted by molar-refractivity contribution is 14.0. The summed E-state index contributed by atoms with van der Waals surface area (Å²) >= 11 is 0. The summed E-state index contributed by atoms with van der Waals surface area (Å²) in [6.45, 7) is 8.07. The molecule has 2 fully saturated rings. The van der Waals surface area contributed by atoms with Gasteiger partial charge < -0.3 is 15.1 Å². The van der Waals surface area contributed by atoms with E-state index >= 15 is 0 Å². The smallest absolute Gasteiger partial charge is 0.194 e. The van der Waals surface area contributed by atoms with Gasteiger partial charge in [-0.1, -0.05) is 12.8 Å². The van der Waals surface area contributed by atoms with E-state index in [1.807, 2.05) is 24.1 Å². The van der Waals surface area contributed by atoms with Crippen molar-refractivity contribution in [2.75, 3.05) is 37.6 Å². The number of nitrogens with one attached hydrogen (secondary N) is 1. The summed E-state index contributed by atoms with van der Waals surface area (Å²) in [7, 11) is 1.98. The largest absolute Gasteiger partial charge is 0.357 e. The summed E-state index contributed by atoms with van der Waals surface area (Å²) < 4.78 is 1.89. The number of rotatable bonds is 6. The molecular weight excluding hydrogens is 513 g/mol. The average molecular weight is 552 g/mol. The molecule has 32 heavy (non-hydrogen) atoms. The number of aryl methyl sites for hydroxylation is 1. The van der Waals surface area contributed by atoms with Gasteiger partial charge in [0.25, 0.3) is 0 Å². The van der Waals surface area contributed by atoms with Gasteiger partial charge in [0, 0.05) is 52.2 Å². The molecule has 2 aromatic heterocycles. The van der Waals surface area contributed by atoms with Gasteiger partial charge in [0.05, 0.1) is 12.7 Å². The number of hydrogen-bond donors (Lipinski definition) is 1. The molecule has 7 nitrogen and oxygen atoms in total. The molecule has 0 spiro atoms. The number of hydrogen-bond acceptors (Lipinski definition) is 4. The summed E-state index contributed by atoms with van der Waals surface area (Å²) in [6, 6.07) is 4.33. The van der Waals surface area contributed by atoms with E-state index in [1.165, 1.54) is 43.2 Å². The first-order valence-electron chi connectivity index (χ1n) is 11.9. The first-order valence-corrected chi connectivity index (χ1v) is 11.9. The molecule has 2 aliphatic heterocycles. The molecule has 2 aliphatic rings. The molecule has 1 unspecified atom stereocenters. The third-order valence-electron chi connectivity index (χ3n) is 6.35. The molecule has 0 saturated carbocycles. The third-order valence-corrected chi connectivity index (χ3v) is 6.35. The standard InChI is InChI=1S/C24H37N7.HI/c1-3-25-24(31-13-9-21(19-31)14-22-17-28-29(2)18-22)27-16-20-8-10-26-23(15-20)30-11-6-4-5-7-12-30;/h8,10,15,17-18,21H,3-7,9,11-14,16,19H2,1-2H3,(H,25,27);1H. The van der Waals surface area contributed by atoms with E-state index in [1.54, 1.807) is 0 Å². The van der Waals surface area contributed by atoms with Crippen molar-refractivity contribution in [3.05, 3.63) is 41.9 Å². The Balaban J connectivity index is 0.00000289. The van der Waals surface area contributed by atoms with Crippen LogP contribution in [0.3, 0.4) is 0 Å². The summed E-state index contributed by atoms with van der Waals surface area (Å²) in [5.74, 6) is 2.80. The zero-order chi connectivity index (χ0) is 21.5. The maximum Gasteiger partial charge on any atom is 0.194 e. The highest BCUT2D eigenvalue weighted by atomic mass is 127. The van der Waals surface area contributed by atoms with Gasteiger partial charge in [-0.3, -0.25) is 4.68 Å². The van der Waals surface area contributed by atoms with Crippen LogP contribution >= 0.6 is 24.0 Å². The lowest BCUT2D eigenvalue weighted by Crippen LogP contribution is -2.40. The zero-order valence-corrected chi connectivity index (χ0v) is 21.9. The second-order valence-corrected chi connectivity index (χ2v) is 8.92. The normalized spacial score (nSPS) is 19.6. The molecule has 1 atom stereocenters. The molecule has 0 bridgehead atoms. The van der Waals surface area contributed by atoms with Crippen LogP contribution in [-0.2, 0) is 20.0 Å². The van der Waals surface area contributed by atoms with Crippen molar-refractivity contribution >= 4 is 35.8 Å². The van der Waals surface area contributed by atoms with Gasteiger partial charge in [-0.2, -0.15) is 5.10 Å². The van der Waals surface area contributed by atoms with Crippen LogP contribution in [0.15, 0.2) is 35.7 Å². The van der Waals surface area contributed by atoms with E-state index < -0.39 is 0 Å². The average Bonchev–Trinajstić information content (AvgIpc) is 3.31. The van der Waals surface area contributed by atoms with Crippen molar-refractivity contribution < 1.29 is 0 Å². The summed E-state index contributed by atoms with van der Waals surface area (Å²) in [6.07, 6.45) is 13.6. The minimum absolute atomic E-state index is 0. The van der Waals surface area contributed by atoms with Gasteiger partial charge in [0.2, 0.25) is 0 Å². The fraction of sp³-hybridized carbons (Fsp3) is 0.625. The predicted molar refractivity (Wildman–Crippen MR) is 142 cm³/mol. The molecule has 0 aromatic carbocycles. The van der Waals surface area contributed by atoms with Crippen LogP contribution in [0.25, 0.3) is 0 Å². The lowest BCUT2D eigenvalue weighted by atomic mass is 10.0. The lowest BCUT2D eigenvalue weighted by Gasteiger charge is -2.22. The van der Waals surface area contributed by atoms with Gasteiger partial charge in [-0.05, 0) is 61.8 Å². The second-order valence-electron chi connectivity index (χ2n) is 8.92. The summed E-state index contributed by atoms with van der Waals surface area (Å²) in [4.78, 5) is 14.5. The van der Waals surface area contributed by atoms with E-state index in [0.29, 0.717) is 12.5 Å². The van der Waals surface area contributed by atoms with Crippen LogP contribution in [-0.4, -0.2) is 58.3 Å². The van der Waals surface area contributed by atoms with E-state index in [9.17, 15) is 0 Å². The molecule has 1 N–H and O–H groups in total. The molecule has 0 aliphatic carbocycles. The topological polar surface area (TPSA) is 61.6 Å². The molecule has 8 heteroatoms. The Morgan fingerprint density at radius 3 is 2.69 bits per heavy atom. The number of nitrogens with zero attached hydrogens (tertiary/aromatic N) is 6. The number of guanidine groups is 1. The first kappa shape index (κ1) is 24.8. The van der Waals surface area contributed by atoms with Crippen LogP contribution in [0.2, 0.25) is 0 Å². The minimum Gasteiger partial charge on any atom is -0.357 e.